The van der Waals surface area contributed by atoms with Crippen molar-refractivity contribution >= 4 is 0 Å². The van der Waals surface area contributed by atoms with Crippen LogP contribution >= 0.6 is 0 Å². The molecule has 0 aromatic heterocycles. The average Bonchev–Trinajstić information content (AvgIpc) is 2.40. The van der Waals surface area contributed by atoms with Crippen molar-refractivity contribution in [2.75, 3.05) is 7.05 Å². The second-order valence-corrected chi connectivity index (χ2v) is 4.60. The maximum absolute atomic E-state index is 13.7. The molecule has 3 heteroatoms. The Morgan fingerprint density at radius 3 is 2.21 bits per heavy atom. The molecule has 0 bridgehead atoms. The molecule has 2 aromatic rings. The van der Waals surface area contributed by atoms with E-state index < -0.39 is 11.6 Å². The van der Waals surface area contributed by atoms with E-state index in [4.69, 9.17) is 0 Å². The third-order valence-electron chi connectivity index (χ3n) is 3.38. The number of aryl methyl sites for hydroxylation is 1. The van der Waals surface area contributed by atoms with E-state index in [1.54, 1.807) is 7.05 Å². The van der Waals surface area contributed by atoms with Gasteiger partial charge in [0.05, 0.1) is 0 Å². The number of hydrogen-bond acceptors (Lipinski definition) is 1. The van der Waals surface area contributed by atoms with Crippen molar-refractivity contribution in [3.8, 4) is 0 Å². The number of likely N-dealkylation sites (N-methyl/N-ethyl adjacent to an activating group) is 1. The van der Waals surface area contributed by atoms with Gasteiger partial charge in [0, 0.05) is 11.6 Å². The van der Waals surface area contributed by atoms with Crippen LogP contribution in [-0.2, 0) is 6.42 Å². The minimum Gasteiger partial charge on any atom is -0.313 e. The predicted octanol–water partition coefficient (Wildman–Crippen LogP) is 3.78. The smallest absolute Gasteiger partial charge is 0.129 e. The van der Waals surface area contributed by atoms with Crippen LogP contribution in [0.25, 0.3) is 0 Å². The lowest BCUT2D eigenvalue weighted by molar-refractivity contribution is 0.514. The lowest BCUT2D eigenvalue weighted by Crippen LogP contribution is -2.21. The van der Waals surface area contributed by atoms with Crippen LogP contribution in [0.2, 0.25) is 0 Å². The van der Waals surface area contributed by atoms with Gasteiger partial charge < -0.3 is 5.32 Å². The van der Waals surface area contributed by atoms with E-state index in [1.165, 1.54) is 18.2 Å². The Hall–Kier alpha value is -1.74. The summed E-state index contributed by atoms with van der Waals surface area (Å²) in [5.74, 6) is -0.984. The van der Waals surface area contributed by atoms with Gasteiger partial charge >= 0.3 is 0 Å². The average molecular weight is 261 g/mol. The molecule has 0 saturated heterocycles. The molecule has 1 N–H and O–H groups in total. The normalized spacial score (nSPS) is 12.4. The molecule has 2 aromatic carbocycles. The van der Waals surface area contributed by atoms with Gasteiger partial charge in [-0.3, -0.25) is 0 Å². The first kappa shape index (κ1) is 13.7. The van der Waals surface area contributed by atoms with Crippen LogP contribution in [0.1, 0.15) is 22.7 Å². The fourth-order valence-corrected chi connectivity index (χ4v) is 2.28. The Kier molecular flexibility index (Phi) is 4.27. The highest BCUT2D eigenvalue weighted by Crippen LogP contribution is 2.24. The maximum Gasteiger partial charge on any atom is 0.129 e. The fraction of sp³-hybridized carbons (Fsp3) is 0.250. The van der Waals surface area contributed by atoms with Crippen LogP contribution in [0, 0.1) is 18.6 Å². The lowest BCUT2D eigenvalue weighted by Gasteiger charge is -2.19. The van der Waals surface area contributed by atoms with E-state index in [-0.39, 0.29) is 11.6 Å². The highest BCUT2D eigenvalue weighted by atomic mass is 19.1. The van der Waals surface area contributed by atoms with Gasteiger partial charge in [0.15, 0.2) is 0 Å². The van der Waals surface area contributed by atoms with E-state index in [2.05, 4.69) is 5.32 Å². The Morgan fingerprint density at radius 1 is 1.00 bits per heavy atom. The van der Waals surface area contributed by atoms with Crippen molar-refractivity contribution in [3.05, 3.63) is 70.8 Å². The summed E-state index contributed by atoms with van der Waals surface area (Å²) in [6, 6.07) is 11.7. The molecule has 0 saturated carbocycles. The van der Waals surface area contributed by atoms with Crippen molar-refractivity contribution in [2.45, 2.75) is 19.4 Å². The van der Waals surface area contributed by atoms with Gasteiger partial charge in [0.2, 0.25) is 0 Å². The quantitative estimate of drug-likeness (QED) is 0.883. The van der Waals surface area contributed by atoms with Crippen molar-refractivity contribution < 1.29 is 8.78 Å². The molecule has 0 amide bonds. The summed E-state index contributed by atoms with van der Waals surface area (Å²) in [6.07, 6.45) is 0.292. The van der Waals surface area contributed by atoms with Crippen molar-refractivity contribution in [2.24, 2.45) is 0 Å². The van der Waals surface area contributed by atoms with Crippen LogP contribution in [0.15, 0.2) is 42.5 Å². The fourth-order valence-electron chi connectivity index (χ4n) is 2.28. The predicted molar refractivity (Wildman–Crippen MR) is 73.0 cm³/mol. The van der Waals surface area contributed by atoms with Gasteiger partial charge in [-0.05, 0) is 43.7 Å². The van der Waals surface area contributed by atoms with Gasteiger partial charge in [-0.15, -0.1) is 0 Å². The Bertz CT molecular complexity index is 546. The number of benzene rings is 2. The molecular weight excluding hydrogens is 244 g/mol. The van der Waals surface area contributed by atoms with Gasteiger partial charge in [-0.2, -0.15) is 0 Å². The zero-order valence-electron chi connectivity index (χ0n) is 11.1. The molecular formula is C16H17F2N. The maximum atomic E-state index is 13.7. The monoisotopic (exact) mass is 261 g/mol. The van der Waals surface area contributed by atoms with Crippen LogP contribution < -0.4 is 5.32 Å². The second-order valence-electron chi connectivity index (χ2n) is 4.60. The molecule has 0 aliphatic carbocycles. The van der Waals surface area contributed by atoms with Crippen LogP contribution in [0.5, 0.6) is 0 Å². The first-order chi connectivity index (χ1) is 9.13. The highest BCUT2D eigenvalue weighted by molar-refractivity contribution is 5.31. The number of nitrogens with one attached hydrogen (secondary N) is 1. The molecule has 1 atom stereocenters. The Labute approximate surface area is 112 Å². The molecule has 1 nitrogen and oxygen atoms in total. The molecule has 0 radical (unpaired) electrons. The zero-order chi connectivity index (χ0) is 13.8. The van der Waals surface area contributed by atoms with Gasteiger partial charge in [0.25, 0.3) is 0 Å². The van der Waals surface area contributed by atoms with Gasteiger partial charge in [0.1, 0.15) is 11.6 Å². The SMILES string of the molecule is CNC(Cc1c(F)cccc1F)c1ccccc1C. The van der Waals surface area contributed by atoms with Crippen LogP contribution in [-0.4, -0.2) is 7.05 Å². The molecule has 0 aliphatic rings. The van der Waals surface area contributed by atoms with E-state index in [0.29, 0.717) is 6.42 Å². The third kappa shape index (κ3) is 2.99. The van der Waals surface area contributed by atoms with E-state index in [1.807, 2.05) is 31.2 Å². The Morgan fingerprint density at radius 2 is 1.63 bits per heavy atom. The van der Waals surface area contributed by atoms with Crippen molar-refractivity contribution in [1.82, 2.24) is 5.32 Å². The zero-order valence-corrected chi connectivity index (χ0v) is 11.1. The van der Waals surface area contributed by atoms with Crippen LogP contribution in [0.4, 0.5) is 8.78 Å². The molecule has 0 spiro atoms. The third-order valence-corrected chi connectivity index (χ3v) is 3.38. The number of hydrogen-bond donors (Lipinski definition) is 1. The van der Waals surface area contributed by atoms with E-state index in [0.717, 1.165) is 11.1 Å². The minimum absolute atomic E-state index is 0.104. The summed E-state index contributed by atoms with van der Waals surface area (Å²) < 4.78 is 27.4. The van der Waals surface area contributed by atoms with Crippen molar-refractivity contribution in [3.63, 3.8) is 0 Å². The molecule has 0 heterocycles. The second kappa shape index (κ2) is 5.93. The van der Waals surface area contributed by atoms with E-state index >= 15 is 0 Å². The summed E-state index contributed by atoms with van der Waals surface area (Å²) >= 11 is 0. The molecule has 1 unspecified atom stereocenters. The summed E-state index contributed by atoms with van der Waals surface area (Å²) in [7, 11) is 1.80. The summed E-state index contributed by atoms with van der Waals surface area (Å²) in [5.41, 5.74) is 2.30. The highest BCUT2D eigenvalue weighted by Gasteiger charge is 2.17. The topological polar surface area (TPSA) is 12.0 Å². The lowest BCUT2D eigenvalue weighted by atomic mass is 9.95. The molecule has 2 rings (SSSR count). The van der Waals surface area contributed by atoms with Gasteiger partial charge in [-0.1, -0.05) is 30.3 Å². The van der Waals surface area contributed by atoms with Crippen LogP contribution in [0.3, 0.4) is 0 Å². The molecule has 19 heavy (non-hydrogen) atoms. The molecule has 0 aliphatic heterocycles. The standard InChI is InChI=1S/C16H17F2N/c1-11-6-3-4-7-12(11)16(19-2)10-13-14(17)8-5-9-15(13)18/h3-9,16,19H,10H2,1-2H3. The minimum atomic E-state index is -0.492. The summed E-state index contributed by atoms with van der Waals surface area (Å²) in [5, 5.41) is 3.13. The largest absolute Gasteiger partial charge is 0.313 e. The first-order valence-corrected chi connectivity index (χ1v) is 6.29. The van der Waals surface area contributed by atoms with Gasteiger partial charge in [-0.25, -0.2) is 8.78 Å². The number of rotatable bonds is 4. The molecule has 0 fully saturated rings. The summed E-state index contributed by atoms with van der Waals surface area (Å²) in [4.78, 5) is 0. The van der Waals surface area contributed by atoms with E-state index in [9.17, 15) is 8.78 Å². The molecule has 100 valence electrons. The Balaban J connectivity index is 2.32. The first-order valence-electron chi connectivity index (χ1n) is 6.29. The number of halogens is 2. The summed E-state index contributed by atoms with van der Waals surface area (Å²) in [6.45, 7) is 2.00. The van der Waals surface area contributed by atoms with Crippen molar-refractivity contribution in [1.29, 1.82) is 0 Å².